The summed E-state index contributed by atoms with van der Waals surface area (Å²) in [4.78, 5) is 0. The van der Waals surface area contributed by atoms with Crippen LogP contribution in [-0.2, 0) is 0 Å². The summed E-state index contributed by atoms with van der Waals surface area (Å²) >= 11 is 0. The standard InChI is InChI=1S/C10H16N2/c1-7-3-4-9(8(2)5-7)10(12)6-11/h3-5,10H,6,11-12H2,1-2H3. The Morgan fingerprint density at radius 3 is 2.50 bits per heavy atom. The summed E-state index contributed by atoms with van der Waals surface area (Å²) in [6, 6.07) is 6.23. The molecular formula is C10H16N2. The second-order valence-electron chi connectivity index (χ2n) is 3.20. The third-order valence-electron chi connectivity index (χ3n) is 2.08. The molecule has 0 aliphatic carbocycles. The van der Waals surface area contributed by atoms with E-state index < -0.39 is 0 Å². The number of hydrogen-bond donors (Lipinski definition) is 2. The summed E-state index contributed by atoms with van der Waals surface area (Å²) in [6.07, 6.45) is 0. The molecule has 0 bridgehead atoms. The predicted octanol–water partition coefficient (Wildman–Crippen LogP) is 1.26. The van der Waals surface area contributed by atoms with E-state index in [1.54, 1.807) is 0 Å². The van der Waals surface area contributed by atoms with E-state index in [-0.39, 0.29) is 6.04 Å². The molecule has 0 saturated carbocycles. The lowest BCUT2D eigenvalue weighted by molar-refractivity contribution is 0.731. The number of nitrogens with two attached hydrogens (primary N) is 2. The number of benzene rings is 1. The monoisotopic (exact) mass is 164 g/mol. The molecular weight excluding hydrogens is 148 g/mol. The van der Waals surface area contributed by atoms with Crippen LogP contribution in [0.25, 0.3) is 0 Å². The van der Waals surface area contributed by atoms with Crippen LogP contribution in [0.2, 0.25) is 0 Å². The summed E-state index contributed by atoms with van der Waals surface area (Å²) in [5.41, 5.74) is 15.0. The van der Waals surface area contributed by atoms with Crippen molar-refractivity contribution in [1.82, 2.24) is 0 Å². The molecule has 0 aliphatic heterocycles. The lowest BCUT2D eigenvalue weighted by Crippen LogP contribution is -2.21. The van der Waals surface area contributed by atoms with Crippen molar-refractivity contribution in [1.29, 1.82) is 0 Å². The van der Waals surface area contributed by atoms with Crippen molar-refractivity contribution in [2.75, 3.05) is 6.54 Å². The first-order chi connectivity index (χ1) is 5.65. The fraction of sp³-hybridized carbons (Fsp3) is 0.400. The van der Waals surface area contributed by atoms with Crippen LogP contribution < -0.4 is 11.5 Å². The van der Waals surface area contributed by atoms with Gasteiger partial charge in [-0.15, -0.1) is 0 Å². The van der Waals surface area contributed by atoms with Gasteiger partial charge in [-0.2, -0.15) is 0 Å². The minimum Gasteiger partial charge on any atom is -0.329 e. The SMILES string of the molecule is Cc1ccc(C(N)CN)c(C)c1. The molecule has 0 fully saturated rings. The second kappa shape index (κ2) is 3.70. The van der Waals surface area contributed by atoms with Crippen LogP contribution in [0.1, 0.15) is 22.7 Å². The number of aryl methyl sites for hydroxylation is 2. The maximum atomic E-state index is 5.82. The van der Waals surface area contributed by atoms with Crippen molar-refractivity contribution in [2.24, 2.45) is 11.5 Å². The second-order valence-corrected chi connectivity index (χ2v) is 3.20. The highest BCUT2D eigenvalue weighted by Crippen LogP contribution is 2.15. The average Bonchev–Trinajstić information content (AvgIpc) is 2.03. The van der Waals surface area contributed by atoms with Crippen LogP contribution in [0.4, 0.5) is 0 Å². The Morgan fingerprint density at radius 2 is 2.00 bits per heavy atom. The van der Waals surface area contributed by atoms with Gasteiger partial charge in [0, 0.05) is 12.6 Å². The molecule has 1 atom stereocenters. The molecule has 66 valence electrons. The van der Waals surface area contributed by atoms with Crippen molar-refractivity contribution in [3.05, 3.63) is 34.9 Å². The van der Waals surface area contributed by atoms with E-state index >= 15 is 0 Å². The van der Waals surface area contributed by atoms with Crippen molar-refractivity contribution in [2.45, 2.75) is 19.9 Å². The molecule has 0 aliphatic rings. The lowest BCUT2D eigenvalue weighted by Gasteiger charge is -2.12. The highest BCUT2D eigenvalue weighted by molar-refractivity contribution is 5.32. The predicted molar refractivity (Wildman–Crippen MR) is 51.9 cm³/mol. The van der Waals surface area contributed by atoms with Crippen LogP contribution in [0, 0.1) is 13.8 Å². The van der Waals surface area contributed by atoms with E-state index in [4.69, 9.17) is 11.5 Å². The topological polar surface area (TPSA) is 52.0 Å². The van der Waals surface area contributed by atoms with Gasteiger partial charge >= 0.3 is 0 Å². The van der Waals surface area contributed by atoms with Gasteiger partial charge in [-0.25, -0.2) is 0 Å². The molecule has 1 rings (SSSR count). The maximum absolute atomic E-state index is 5.82. The van der Waals surface area contributed by atoms with Crippen LogP contribution in [-0.4, -0.2) is 6.54 Å². The first-order valence-electron chi connectivity index (χ1n) is 4.18. The Balaban J connectivity index is 3.01. The normalized spacial score (nSPS) is 13.0. The molecule has 0 amide bonds. The van der Waals surface area contributed by atoms with Crippen molar-refractivity contribution in [3.8, 4) is 0 Å². The van der Waals surface area contributed by atoms with Crippen LogP contribution >= 0.6 is 0 Å². The summed E-state index contributed by atoms with van der Waals surface area (Å²) in [6.45, 7) is 4.65. The molecule has 2 nitrogen and oxygen atoms in total. The zero-order valence-electron chi connectivity index (χ0n) is 7.67. The van der Waals surface area contributed by atoms with Crippen molar-refractivity contribution >= 4 is 0 Å². The summed E-state index contributed by atoms with van der Waals surface area (Å²) < 4.78 is 0. The Labute approximate surface area is 73.6 Å². The Bertz CT molecular complexity index is 269. The van der Waals surface area contributed by atoms with Gasteiger partial charge in [-0.3, -0.25) is 0 Å². The van der Waals surface area contributed by atoms with E-state index in [1.165, 1.54) is 11.1 Å². The van der Waals surface area contributed by atoms with Crippen LogP contribution in [0.5, 0.6) is 0 Å². The van der Waals surface area contributed by atoms with Crippen molar-refractivity contribution in [3.63, 3.8) is 0 Å². The van der Waals surface area contributed by atoms with E-state index in [1.807, 2.05) is 0 Å². The quantitative estimate of drug-likeness (QED) is 0.691. The van der Waals surface area contributed by atoms with Gasteiger partial charge < -0.3 is 11.5 Å². The first kappa shape index (κ1) is 9.23. The minimum absolute atomic E-state index is 0.0226. The zero-order valence-corrected chi connectivity index (χ0v) is 7.67. The lowest BCUT2D eigenvalue weighted by atomic mass is 10.00. The molecule has 0 spiro atoms. The fourth-order valence-electron chi connectivity index (χ4n) is 1.37. The molecule has 1 aromatic rings. The van der Waals surface area contributed by atoms with Crippen LogP contribution in [0.3, 0.4) is 0 Å². The fourth-order valence-corrected chi connectivity index (χ4v) is 1.37. The highest BCUT2D eigenvalue weighted by Gasteiger charge is 2.05. The third kappa shape index (κ3) is 1.84. The van der Waals surface area contributed by atoms with Gasteiger partial charge in [0.15, 0.2) is 0 Å². The van der Waals surface area contributed by atoms with E-state index in [2.05, 4.69) is 32.0 Å². The van der Waals surface area contributed by atoms with E-state index in [0.29, 0.717) is 6.54 Å². The van der Waals surface area contributed by atoms with Crippen molar-refractivity contribution < 1.29 is 0 Å². The Hall–Kier alpha value is -0.860. The van der Waals surface area contributed by atoms with Gasteiger partial charge in [0.25, 0.3) is 0 Å². The molecule has 12 heavy (non-hydrogen) atoms. The molecule has 0 aromatic heterocycles. The first-order valence-corrected chi connectivity index (χ1v) is 4.18. The van der Waals surface area contributed by atoms with E-state index in [0.717, 1.165) is 5.56 Å². The summed E-state index contributed by atoms with van der Waals surface area (Å²) in [7, 11) is 0. The largest absolute Gasteiger partial charge is 0.329 e. The summed E-state index contributed by atoms with van der Waals surface area (Å²) in [5.74, 6) is 0. The molecule has 1 unspecified atom stereocenters. The van der Waals surface area contributed by atoms with Gasteiger partial charge in [-0.1, -0.05) is 23.8 Å². The molecule has 2 heteroatoms. The third-order valence-corrected chi connectivity index (χ3v) is 2.08. The molecule has 0 radical (unpaired) electrons. The minimum atomic E-state index is -0.0226. The molecule has 0 heterocycles. The van der Waals surface area contributed by atoms with Crippen LogP contribution in [0.15, 0.2) is 18.2 Å². The molecule has 1 aromatic carbocycles. The maximum Gasteiger partial charge on any atom is 0.0422 e. The molecule has 4 N–H and O–H groups in total. The molecule has 0 saturated heterocycles. The van der Waals surface area contributed by atoms with E-state index in [9.17, 15) is 0 Å². The number of rotatable bonds is 2. The summed E-state index contributed by atoms with van der Waals surface area (Å²) in [5, 5.41) is 0. The van der Waals surface area contributed by atoms with Gasteiger partial charge in [0.1, 0.15) is 0 Å². The van der Waals surface area contributed by atoms with Gasteiger partial charge in [-0.05, 0) is 25.0 Å². The Kier molecular flexibility index (Phi) is 2.84. The highest BCUT2D eigenvalue weighted by atomic mass is 14.7. The van der Waals surface area contributed by atoms with Gasteiger partial charge in [0.2, 0.25) is 0 Å². The number of hydrogen-bond acceptors (Lipinski definition) is 2. The van der Waals surface area contributed by atoms with Gasteiger partial charge in [0.05, 0.1) is 0 Å². The zero-order chi connectivity index (χ0) is 9.14. The Morgan fingerprint density at radius 1 is 1.33 bits per heavy atom. The average molecular weight is 164 g/mol. The smallest absolute Gasteiger partial charge is 0.0422 e.